The zero-order valence-corrected chi connectivity index (χ0v) is 8.75. The van der Waals surface area contributed by atoms with Crippen LogP contribution in [-0.4, -0.2) is 37.8 Å². The number of hydrogen-bond donors (Lipinski definition) is 2. The van der Waals surface area contributed by atoms with E-state index in [9.17, 15) is 0 Å². The van der Waals surface area contributed by atoms with E-state index in [1.807, 2.05) is 0 Å². The molecule has 2 atom stereocenters. The summed E-state index contributed by atoms with van der Waals surface area (Å²) in [6.07, 6.45) is 4.02. The third kappa shape index (κ3) is 2.38. The fourth-order valence-corrected chi connectivity index (χ4v) is 1.96. The molecule has 4 heteroatoms. The first-order valence-corrected chi connectivity index (χ1v) is 5.53. The van der Waals surface area contributed by atoms with Crippen molar-refractivity contribution in [2.24, 2.45) is 4.99 Å². The highest BCUT2D eigenvalue weighted by Crippen LogP contribution is 2.15. The summed E-state index contributed by atoms with van der Waals surface area (Å²) in [5.41, 5.74) is 0. The first-order chi connectivity index (χ1) is 6.86. The molecule has 4 nitrogen and oxygen atoms in total. The molecular weight excluding hydrogens is 178 g/mol. The Morgan fingerprint density at radius 3 is 3.14 bits per heavy atom. The van der Waals surface area contributed by atoms with Gasteiger partial charge in [0.25, 0.3) is 0 Å². The Morgan fingerprint density at radius 1 is 1.57 bits per heavy atom. The molecule has 2 aliphatic rings. The van der Waals surface area contributed by atoms with Gasteiger partial charge in [-0.1, -0.05) is 0 Å². The van der Waals surface area contributed by atoms with Crippen molar-refractivity contribution in [2.75, 3.05) is 19.7 Å². The van der Waals surface area contributed by atoms with Gasteiger partial charge in [0.2, 0.25) is 0 Å². The van der Waals surface area contributed by atoms with E-state index in [4.69, 9.17) is 4.74 Å². The van der Waals surface area contributed by atoms with Crippen molar-refractivity contribution >= 4 is 5.96 Å². The zero-order chi connectivity index (χ0) is 9.80. The summed E-state index contributed by atoms with van der Waals surface area (Å²) < 4.78 is 5.70. The van der Waals surface area contributed by atoms with Gasteiger partial charge in [0.1, 0.15) is 0 Å². The Morgan fingerprint density at radius 2 is 2.50 bits per heavy atom. The number of hydrogen-bond acceptors (Lipinski definition) is 4. The normalized spacial score (nSPS) is 29.2. The minimum absolute atomic E-state index is 0.355. The summed E-state index contributed by atoms with van der Waals surface area (Å²) >= 11 is 0. The summed E-state index contributed by atoms with van der Waals surface area (Å²) in [5, 5.41) is 6.57. The van der Waals surface area contributed by atoms with Crippen LogP contribution in [0.2, 0.25) is 0 Å². The van der Waals surface area contributed by atoms with Gasteiger partial charge in [-0.3, -0.25) is 4.99 Å². The molecule has 80 valence electrons. The molecule has 0 amide bonds. The van der Waals surface area contributed by atoms with E-state index >= 15 is 0 Å². The molecule has 0 radical (unpaired) electrons. The number of ether oxygens (including phenoxy) is 1. The van der Waals surface area contributed by atoms with E-state index in [1.165, 1.54) is 19.3 Å². The van der Waals surface area contributed by atoms with Crippen LogP contribution in [0.1, 0.15) is 26.2 Å². The second kappa shape index (κ2) is 4.64. The van der Waals surface area contributed by atoms with E-state index in [-0.39, 0.29) is 0 Å². The molecule has 2 heterocycles. The number of aliphatic imine (C=N–C) groups is 1. The predicted molar refractivity (Wildman–Crippen MR) is 56.5 cm³/mol. The lowest BCUT2D eigenvalue weighted by Crippen LogP contribution is -2.47. The molecule has 2 rings (SSSR count). The van der Waals surface area contributed by atoms with Crippen molar-refractivity contribution in [2.45, 2.75) is 38.3 Å². The monoisotopic (exact) mass is 197 g/mol. The topological polar surface area (TPSA) is 45.7 Å². The summed E-state index contributed by atoms with van der Waals surface area (Å²) in [7, 11) is 0. The Bertz CT molecular complexity index is 211. The Kier molecular flexibility index (Phi) is 3.24. The van der Waals surface area contributed by atoms with Crippen LogP contribution in [0.5, 0.6) is 0 Å². The maximum absolute atomic E-state index is 5.70. The third-order valence-electron chi connectivity index (χ3n) is 2.81. The zero-order valence-electron chi connectivity index (χ0n) is 8.75. The SMILES string of the molecule is CC(NC1=NCCN1)C1CCCCO1. The van der Waals surface area contributed by atoms with Crippen LogP contribution in [0.15, 0.2) is 4.99 Å². The van der Waals surface area contributed by atoms with Crippen LogP contribution in [0.3, 0.4) is 0 Å². The van der Waals surface area contributed by atoms with Crippen molar-refractivity contribution < 1.29 is 4.74 Å². The summed E-state index contributed by atoms with van der Waals surface area (Å²) in [6.45, 7) is 4.93. The molecule has 0 aromatic carbocycles. The lowest BCUT2D eigenvalue weighted by molar-refractivity contribution is -0.0000133. The van der Waals surface area contributed by atoms with Gasteiger partial charge in [0.15, 0.2) is 5.96 Å². The Labute approximate surface area is 85.1 Å². The van der Waals surface area contributed by atoms with Crippen LogP contribution in [-0.2, 0) is 4.74 Å². The van der Waals surface area contributed by atoms with Gasteiger partial charge >= 0.3 is 0 Å². The molecular formula is C10H19N3O. The molecule has 2 N–H and O–H groups in total. The van der Waals surface area contributed by atoms with Crippen LogP contribution >= 0.6 is 0 Å². The van der Waals surface area contributed by atoms with Gasteiger partial charge in [-0.05, 0) is 26.2 Å². The molecule has 0 aliphatic carbocycles. The Balaban J connectivity index is 1.78. The van der Waals surface area contributed by atoms with E-state index in [2.05, 4.69) is 22.5 Å². The van der Waals surface area contributed by atoms with Crippen molar-refractivity contribution in [3.8, 4) is 0 Å². The highest BCUT2D eigenvalue weighted by Gasteiger charge is 2.21. The van der Waals surface area contributed by atoms with Gasteiger partial charge in [0, 0.05) is 13.2 Å². The molecule has 1 fully saturated rings. The minimum atomic E-state index is 0.355. The second-order valence-corrected chi connectivity index (χ2v) is 4.00. The Hall–Kier alpha value is -0.770. The van der Waals surface area contributed by atoms with Crippen LogP contribution in [0.25, 0.3) is 0 Å². The highest BCUT2D eigenvalue weighted by atomic mass is 16.5. The quantitative estimate of drug-likeness (QED) is 0.677. The number of guanidine groups is 1. The molecule has 0 aromatic heterocycles. The number of nitrogens with one attached hydrogen (secondary N) is 2. The third-order valence-corrected chi connectivity index (χ3v) is 2.81. The fraction of sp³-hybridized carbons (Fsp3) is 0.900. The molecule has 0 saturated carbocycles. The van der Waals surface area contributed by atoms with Crippen molar-refractivity contribution in [3.05, 3.63) is 0 Å². The van der Waals surface area contributed by atoms with Crippen molar-refractivity contribution in [3.63, 3.8) is 0 Å². The van der Waals surface area contributed by atoms with Crippen LogP contribution < -0.4 is 10.6 Å². The second-order valence-electron chi connectivity index (χ2n) is 4.00. The lowest BCUT2D eigenvalue weighted by atomic mass is 10.0. The maximum Gasteiger partial charge on any atom is 0.191 e. The van der Waals surface area contributed by atoms with E-state index < -0.39 is 0 Å². The predicted octanol–water partition coefficient (Wildman–Crippen LogP) is 0.493. The first-order valence-electron chi connectivity index (χ1n) is 5.53. The van der Waals surface area contributed by atoms with Crippen molar-refractivity contribution in [1.29, 1.82) is 0 Å². The lowest BCUT2D eigenvalue weighted by Gasteiger charge is -2.29. The van der Waals surface area contributed by atoms with Gasteiger partial charge in [-0.2, -0.15) is 0 Å². The standard InChI is InChI=1S/C10H19N3O/c1-8(9-4-2-3-7-14-9)13-10-11-5-6-12-10/h8-9H,2-7H2,1H3,(H2,11,12,13). The van der Waals surface area contributed by atoms with Gasteiger partial charge in [-0.25, -0.2) is 0 Å². The smallest absolute Gasteiger partial charge is 0.191 e. The van der Waals surface area contributed by atoms with Gasteiger partial charge in [0.05, 0.1) is 18.7 Å². The summed E-state index contributed by atoms with van der Waals surface area (Å²) in [6, 6.07) is 0.361. The first kappa shape index (κ1) is 9.77. The largest absolute Gasteiger partial charge is 0.376 e. The molecule has 0 aromatic rings. The highest BCUT2D eigenvalue weighted by molar-refractivity contribution is 5.81. The molecule has 0 spiro atoms. The minimum Gasteiger partial charge on any atom is -0.376 e. The van der Waals surface area contributed by atoms with Gasteiger partial charge < -0.3 is 15.4 Å². The summed E-state index contributed by atoms with van der Waals surface area (Å²) in [4.78, 5) is 4.31. The van der Waals surface area contributed by atoms with E-state index in [0.717, 1.165) is 25.7 Å². The maximum atomic E-state index is 5.70. The molecule has 1 saturated heterocycles. The summed E-state index contributed by atoms with van der Waals surface area (Å²) in [5.74, 6) is 0.937. The van der Waals surface area contributed by atoms with Crippen LogP contribution in [0.4, 0.5) is 0 Å². The molecule has 2 unspecified atom stereocenters. The van der Waals surface area contributed by atoms with E-state index in [1.54, 1.807) is 0 Å². The number of rotatable bonds is 2. The van der Waals surface area contributed by atoms with Gasteiger partial charge in [-0.15, -0.1) is 0 Å². The van der Waals surface area contributed by atoms with Crippen molar-refractivity contribution in [1.82, 2.24) is 10.6 Å². The van der Waals surface area contributed by atoms with E-state index in [0.29, 0.717) is 12.1 Å². The molecule has 0 bridgehead atoms. The van der Waals surface area contributed by atoms with Crippen LogP contribution in [0, 0.1) is 0 Å². The molecule has 2 aliphatic heterocycles. The molecule has 14 heavy (non-hydrogen) atoms. The number of nitrogens with zero attached hydrogens (tertiary/aromatic N) is 1. The fourth-order valence-electron chi connectivity index (χ4n) is 1.96. The average molecular weight is 197 g/mol. The average Bonchev–Trinajstić information content (AvgIpc) is 2.72.